The standard InChI is InChI=1S/C23H25N3O4/c1-23-12-3-2-7-20(23)21(23)22(27)25-24-14-17-5-4-6-19(13-17)30-15-16-8-10-18(11-9-16)26(28)29/h4-6,8-11,13-14,20-21H,2-3,7,12,15H2,1H3,(H,25,27)/b24-14-/t20-,21-,23-/m0/s1. The highest BCUT2D eigenvalue weighted by atomic mass is 16.6. The number of carbonyl (C=O) groups excluding carboxylic acids is 1. The number of ether oxygens (including phenoxy) is 1. The first kappa shape index (κ1) is 20.1. The van der Waals surface area contributed by atoms with Crippen LogP contribution < -0.4 is 10.2 Å². The number of nitrogens with one attached hydrogen (secondary N) is 1. The average molecular weight is 407 g/mol. The molecule has 2 aliphatic rings. The van der Waals surface area contributed by atoms with E-state index in [0.29, 0.717) is 18.3 Å². The molecule has 0 bridgehead atoms. The van der Waals surface area contributed by atoms with Crippen molar-refractivity contribution >= 4 is 17.8 Å². The molecule has 0 heterocycles. The van der Waals surface area contributed by atoms with Gasteiger partial charge in [-0.25, -0.2) is 5.43 Å². The van der Waals surface area contributed by atoms with Gasteiger partial charge >= 0.3 is 0 Å². The molecule has 2 fully saturated rings. The summed E-state index contributed by atoms with van der Waals surface area (Å²) in [5.74, 6) is 1.28. The van der Waals surface area contributed by atoms with Crippen LogP contribution >= 0.6 is 0 Å². The number of nitro groups is 1. The van der Waals surface area contributed by atoms with E-state index in [1.807, 2.05) is 24.3 Å². The quantitative estimate of drug-likeness (QED) is 0.417. The maximum Gasteiger partial charge on any atom is 0.269 e. The second kappa shape index (κ2) is 8.26. The molecule has 0 spiro atoms. The summed E-state index contributed by atoms with van der Waals surface area (Å²) in [6.45, 7) is 2.52. The van der Waals surface area contributed by atoms with Crippen molar-refractivity contribution in [2.45, 2.75) is 39.2 Å². The van der Waals surface area contributed by atoms with Crippen LogP contribution in [0.4, 0.5) is 5.69 Å². The minimum Gasteiger partial charge on any atom is -0.489 e. The van der Waals surface area contributed by atoms with Crippen LogP contribution in [0.15, 0.2) is 53.6 Å². The number of nitrogens with zero attached hydrogens (tertiary/aromatic N) is 2. The smallest absolute Gasteiger partial charge is 0.269 e. The van der Waals surface area contributed by atoms with Crippen LogP contribution in [0.5, 0.6) is 5.75 Å². The molecule has 30 heavy (non-hydrogen) atoms. The molecule has 0 aromatic heterocycles. The van der Waals surface area contributed by atoms with E-state index < -0.39 is 4.92 Å². The van der Waals surface area contributed by atoms with E-state index in [9.17, 15) is 14.9 Å². The maximum atomic E-state index is 12.5. The van der Waals surface area contributed by atoms with Crippen molar-refractivity contribution in [1.82, 2.24) is 5.43 Å². The highest BCUT2D eigenvalue weighted by Gasteiger charge is 2.64. The van der Waals surface area contributed by atoms with E-state index in [1.165, 1.54) is 25.0 Å². The predicted molar refractivity (Wildman–Crippen MR) is 113 cm³/mol. The van der Waals surface area contributed by atoms with Gasteiger partial charge in [-0.15, -0.1) is 0 Å². The Labute approximate surface area is 175 Å². The lowest BCUT2D eigenvalue weighted by Gasteiger charge is -2.15. The van der Waals surface area contributed by atoms with Crippen LogP contribution in [0.3, 0.4) is 0 Å². The molecular formula is C23H25N3O4. The number of hydrazone groups is 1. The van der Waals surface area contributed by atoms with Gasteiger partial charge in [0.05, 0.1) is 11.1 Å². The molecule has 4 rings (SSSR count). The summed E-state index contributed by atoms with van der Waals surface area (Å²) >= 11 is 0. The van der Waals surface area contributed by atoms with Gasteiger partial charge in [-0.3, -0.25) is 14.9 Å². The third-order valence-electron chi connectivity index (χ3n) is 6.41. The predicted octanol–water partition coefficient (Wildman–Crippen LogP) is 4.45. The zero-order valence-electron chi connectivity index (χ0n) is 16.9. The second-order valence-corrected chi connectivity index (χ2v) is 8.35. The van der Waals surface area contributed by atoms with Crippen LogP contribution in [0.1, 0.15) is 43.7 Å². The molecular weight excluding hydrogens is 382 g/mol. The normalized spacial score (nSPS) is 24.8. The van der Waals surface area contributed by atoms with Gasteiger partial charge in [-0.05, 0) is 59.6 Å². The summed E-state index contributed by atoms with van der Waals surface area (Å²) in [4.78, 5) is 22.8. The molecule has 7 nitrogen and oxygen atoms in total. The Bertz CT molecular complexity index is 973. The van der Waals surface area contributed by atoms with Crippen molar-refractivity contribution in [2.75, 3.05) is 0 Å². The molecule has 2 aromatic carbocycles. The van der Waals surface area contributed by atoms with Crippen molar-refractivity contribution in [2.24, 2.45) is 22.4 Å². The van der Waals surface area contributed by atoms with Crippen LogP contribution in [-0.2, 0) is 11.4 Å². The molecule has 7 heteroatoms. The fraction of sp³-hybridized carbons (Fsp3) is 0.391. The molecule has 2 aromatic rings. The summed E-state index contributed by atoms with van der Waals surface area (Å²) < 4.78 is 5.77. The molecule has 1 N–H and O–H groups in total. The summed E-state index contributed by atoms with van der Waals surface area (Å²) in [6.07, 6.45) is 6.33. The molecule has 1 amide bonds. The Kier molecular flexibility index (Phi) is 5.53. The lowest BCUT2D eigenvalue weighted by Crippen LogP contribution is -2.22. The van der Waals surface area contributed by atoms with Crippen molar-refractivity contribution in [3.63, 3.8) is 0 Å². The Morgan fingerprint density at radius 2 is 2.10 bits per heavy atom. The van der Waals surface area contributed by atoms with E-state index >= 15 is 0 Å². The number of non-ortho nitro benzene ring substituents is 1. The van der Waals surface area contributed by atoms with Gasteiger partial charge in [0.2, 0.25) is 5.91 Å². The van der Waals surface area contributed by atoms with E-state index in [0.717, 1.165) is 24.0 Å². The Balaban J connectivity index is 1.30. The number of benzene rings is 2. The third kappa shape index (κ3) is 4.20. The molecule has 2 aliphatic carbocycles. The van der Waals surface area contributed by atoms with Gasteiger partial charge in [-0.2, -0.15) is 5.10 Å². The van der Waals surface area contributed by atoms with Crippen molar-refractivity contribution < 1.29 is 14.5 Å². The number of rotatable bonds is 7. The first-order valence-corrected chi connectivity index (χ1v) is 10.3. The number of amides is 1. The summed E-state index contributed by atoms with van der Waals surface area (Å²) in [5, 5.41) is 14.8. The van der Waals surface area contributed by atoms with Crippen LogP contribution in [0.25, 0.3) is 0 Å². The molecule has 2 saturated carbocycles. The highest BCUT2D eigenvalue weighted by Crippen LogP contribution is 2.66. The molecule has 3 atom stereocenters. The number of hydrogen-bond donors (Lipinski definition) is 1. The van der Waals surface area contributed by atoms with Crippen LogP contribution in [-0.4, -0.2) is 17.0 Å². The van der Waals surface area contributed by atoms with E-state index in [-0.39, 0.29) is 22.9 Å². The molecule has 0 saturated heterocycles. The van der Waals surface area contributed by atoms with E-state index in [4.69, 9.17) is 4.74 Å². The molecule has 0 radical (unpaired) electrons. The lowest BCUT2D eigenvalue weighted by molar-refractivity contribution is -0.384. The third-order valence-corrected chi connectivity index (χ3v) is 6.41. The van der Waals surface area contributed by atoms with Gasteiger partial charge in [-0.1, -0.05) is 31.9 Å². The lowest BCUT2D eigenvalue weighted by atomic mass is 9.90. The van der Waals surface area contributed by atoms with E-state index in [2.05, 4.69) is 17.5 Å². The van der Waals surface area contributed by atoms with Gasteiger partial charge < -0.3 is 4.74 Å². The number of carbonyl (C=O) groups is 1. The zero-order chi connectivity index (χ0) is 21.1. The number of hydrogen-bond acceptors (Lipinski definition) is 5. The van der Waals surface area contributed by atoms with Crippen molar-refractivity contribution in [3.8, 4) is 5.75 Å². The van der Waals surface area contributed by atoms with Gasteiger partial charge in [0, 0.05) is 18.1 Å². The summed E-state index contributed by atoms with van der Waals surface area (Å²) in [7, 11) is 0. The fourth-order valence-electron chi connectivity index (χ4n) is 4.66. The molecule has 0 aliphatic heterocycles. The van der Waals surface area contributed by atoms with Gasteiger partial charge in [0.25, 0.3) is 5.69 Å². The second-order valence-electron chi connectivity index (χ2n) is 8.35. The largest absolute Gasteiger partial charge is 0.489 e. The van der Waals surface area contributed by atoms with Crippen LogP contribution in [0, 0.1) is 27.4 Å². The van der Waals surface area contributed by atoms with Crippen molar-refractivity contribution in [1.29, 1.82) is 0 Å². The average Bonchev–Trinajstić information content (AvgIpc) is 3.38. The highest BCUT2D eigenvalue weighted by molar-refractivity contribution is 5.86. The minimum atomic E-state index is -0.427. The summed E-state index contributed by atoms with van der Waals surface area (Å²) in [5.41, 5.74) is 4.58. The number of nitro benzene ring substituents is 1. The first-order chi connectivity index (χ1) is 14.5. The fourth-order valence-corrected chi connectivity index (χ4v) is 4.66. The molecule has 156 valence electrons. The Morgan fingerprint density at radius 3 is 2.80 bits per heavy atom. The van der Waals surface area contributed by atoms with Crippen LogP contribution in [0.2, 0.25) is 0 Å². The zero-order valence-corrected chi connectivity index (χ0v) is 16.9. The SMILES string of the molecule is C[C@]12CCCC[C@H]1[C@H]2C(=O)N/N=C\c1cccc(OCc2ccc([N+](=O)[O-])cc2)c1. The Hall–Kier alpha value is -3.22. The summed E-state index contributed by atoms with van der Waals surface area (Å²) in [6, 6.07) is 13.7. The topological polar surface area (TPSA) is 93.8 Å². The number of fused-ring (bicyclic) bond motifs is 1. The molecule has 0 unspecified atom stereocenters. The van der Waals surface area contributed by atoms with Gasteiger partial charge in [0.1, 0.15) is 12.4 Å². The van der Waals surface area contributed by atoms with Crippen molar-refractivity contribution in [3.05, 3.63) is 69.8 Å². The maximum absolute atomic E-state index is 12.5. The van der Waals surface area contributed by atoms with Gasteiger partial charge in [0.15, 0.2) is 0 Å². The van der Waals surface area contributed by atoms with E-state index in [1.54, 1.807) is 18.3 Å². The minimum absolute atomic E-state index is 0.0197. The Morgan fingerprint density at radius 1 is 1.30 bits per heavy atom. The monoisotopic (exact) mass is 407 g/mol. The first-order valence-electron chi connectivity index (χ1n) is 10.3.